The maximum absolute atomic E-state index is 10.5. The van der Waals surface area contributed by atoms with Gasteiger partial charge in [-0.1, -0.05) is 24.9 Å². The molecule has 1 saturated heterocycles. The molecule has 1 aromatic carbocycles. The van der Waals surface area contributed by atoms with Crippen LogP contribution in [0.3, 0.4) is 0 Å². The Kier molecular flexibility index (Phi) is 7.07. The normalized spacial score (nSPS) is 27.9. The van der Waals surface area contributed by atoms with Crippen LogP contribution in [0.25, 0.3) is 16.0 Å². The first-order valence-corrected chi connectivity index (χ1v) is 13.5. The lowest BCUT2D eigenvalue weighted by Gasteiger charge is -2.37. The number of rotatable bonds is 8. The largest absolute Gasteiger partial charge is 0.494 e. The van der Waals surface area contributed by atoms with Gasteiger partial charge in [-0.05, 0) is 25.1 Å². The average Bonchev–Trinajstić information content (AvgIpc) is 3.52. The van der Waals surface area contributed by atoms with Crippen LogP contribution in [0.5, 0.6) is 5.75 Å². The first-order valence-electron chi connectivity index (χ1n) is 11.5. The van der Waals surface area contributed by atoms with Crippen LogP contribution in [0.1, 0.15) is 32.9 Å². The van der Waals surface area contributed by atoms with Gasteiger partial charge < -0.3 is 30.5 Å². The van der Waals surface area contributed by atoms with Gasteiger partial charge in [-0.25, -0.2) is 15.0 Å². The number of halogens is 1. The number of benzene rings is 1. The number of nitrogens with zero attached hydrogens (tertiary/aromatic N) is 5. The Labute approximate surface area is 220 Å². The molecule has 0 amide bonds. The van der Waals surface area contributed by atoms with E-state index in [-0.39, 0.29) is 5.82 Å². The van der Waals surface area contributed by atoms with Gasteiger partial charge in [0.1, 0.15) is 35.2 Å². The Hall–Kier alpha value is -2.13. The van der Waals surface area contributed by atoms with E-state index in [2.05, 4.69) is 4.98 Å². The molecule has 5 N–H and O–H groups in total. The van der Waals surface area contributed by atoms with Crippen LogP contribution >= 0.6 is 34.9 Å². The van der Waals surface area contributed by atoms with E-state index < -0.39 is 36.3 Å². The number of aromatic nitrogens is 3. The summed E-state index contributed by atoms with van der Waals surface area (Å²) in [5, 5.41) is 29.3. The highest BCUT2D eigenvalue weighted by Gasteiger charge is 2.45. The van der Waals surface area contributed by atoms with Gasteiger partial charge in [0.2, 0.25) is 5.12 Å². The quantitative estimate of drug-likeness (QED) is 0.179. The summed E-state index contributed by atoms with van der Waals surface area (Å²) in [5.41, 5.74) is 7.76. The van der Waals surface area contributed by atoms with E-state index in [9.17, 15) is 15.3 Å². The monoisotopic (exact) mass is 554 g/mol. The molecule has 0 saturated carbocycles. The number of aliphatic hydroxyl groups excluding tert-OH is 3. The van der Waals surface area contributed by atoms with Crippen molar-refractivity contribution in [1.29, 1.82) is 0 Å². The second kappa shape index (κ2) is 9.97. The summed E-state index contributed by atoms with van der Waals surface area (Å²) < 4.78 is 16.2. The van der Waals surface area contributed by atoms with Gasteiger partial charge in [0, 0.05) is 18.4 Å². The zero-order valence-corrected chi connectivity index (χ0v) is 22.0. The number of aliphatic hydroxyl groups is 3. The SMILES string of the molecule is CCCC1(Cl)N=c2c(ncn2[C@@H]2O[C@H](CO)[C@@H](O)[C@H]2O)=C(N)N1Sc1nc2ccc(OCC)cc2s1. The summed E-state index contributed by atoms with van der Waals surface area (Å²) in [7, 11) is 0. The fraction of sp³-hybridized carbons (Fsp3) is 0.500. The van der Waals surface area contributed by atoms with Crippen molar-refractivity contribution < 1.29 is 24.8 Å². The lowest BCUT2D eigenvalue weighted by atomic mass is 10.1. The molecule has 3 aromatic rings. The van der Waals surface area contributed by atoms with Crippen molar-refractivity contribution in [2.75, 3.05) is 13.2 Å². The van der Waals surface area contributed by atoms with Crippen molar-refractivity contribution in [3.63, 3.8) is 0 Å². The molecule has 5 rings (SSSR count). The van der Waals surface area contributed by atoms with Gasteiger partial charge >= 0.3 is 0 Å². The van der Waals surface area contributed by atoms with Gasteiger partial charge in [-0.15, -0.1) is 11.3 Å². The van der Waals surface area contributed by atoms with Crippen molar-refractivity contribution in [2.45, 2.75) is 60.7 Å². The Bertz CT molecular complexity index is 1380. The smallest absolute Gasteiger partial charge is 0.221 e. The number of fused-ring (bicyclic) bond motifs is 2. The molecule has 5 atom stereocenters. The third kappa shape index (κ3) is 4.32. The molecule has 2 aromatic heterocycles. The third-order valence-electron chi connectivity index (χ3n) is 6.00. The number of alkyl halides is 1. The van der Waals surface area contributed by atoms with Crippen molar-refractivity contribution in [1.82, 2.24) is 18.8 Å². The van der Waals surface area contributed by atoms with E-state index in [0.29, 0.717) is 30.3 Å². The number of hydrogen-bond acceptors (Lipinski definition) is 12. The zero-order valence-electron chi connectivity index (χ0n) is 19.6. The molecule has 0 spiro atoms. The number of nitrogens with two attached hydrogens (primary N) is 1. The van der Waals surface area contributed by atoms with Crippen molar-refractivity contribution in [3.05, 3.63) is 35.4 Å². The standard InChI is InChI=1S/C22H27ClN6O5S2/c1-3-7-22(23)27-19-15(25-10-28(19)20-17(32)16(31)13(9-30)34-20)18(24)29(22)36-21-26-12-6-5-11(33-4-2)8-14(12)35-21/h5-6,8,10,13,16-17,20,30-32H,3-4,7,9,24H2,1-2H3/t13-,16-,17-,20-,22?/m1/s1. The van der Waals surface area contributed by atoms with Gasteiger partial charge in [0.05, 0.1) is 29.8 Å². The Morgan fingerprint density at radius 2 is 2.11 bits per heavy atom. The van der Waals surface area contributed by atoms with Crippen molar-refractivity contribution in [2.24, 2.45) is 10.7 Å². The molecule has 36 heavy (non-hydrogen) atoms. The summed E-state index contributed by atoms with van der Waals surface area (Å²) in [5.74, 6) is 1.06. The molecule has 2 aliphatic rings. The molecule has 0 radical (unpaired) electrons. The van der Waals surface area contributed by atoms with Crippen LogP contribution in [0.15, 0.2) is 33.9 Å². The Morgan fingerprint density at radius 1 is 1.31 bits per heavy atom. The number of hydrogen-bond donors (Lipinski definition) is 4. The molecule has 4 heterocycles. The minimum Gasteiger partial charge on any atom is -0.494 e. The lowest BCUT2D eigenvalue weighted by molar-refractivity contribution is -0.0547. The highest BCUT2D eigenvalue weighted by atomic mass is 35.5. The maximum atomic E-state index is 10.5. The van der Waals surface area contributed by atoms with E-state index >= 15 is 0 Å². The molecule has 14 heteroatoms. The second-order valence-corrected chi connectivity index (χ2v) is 11.3. The summed E-state index contributed by atoms with van der Waals surface area (Å²) in [6.07, 6.45) is -1.87. The van der Waals surface area contributed by atoms with Crippen LogP contribution in [-0.4, -0.2) is 70.8 Å². The van der Waals surface area contributed by atoms with Crippen LogP contribution in [0.2, 0.25) is 0 Å². The fourth-order valence-corrected chi connectivity index (χ4v) is 6.87. The number of thiazole rings is 1. The molecule has 1 unspecified atom stereocenters. The van der Waals surface area contributed by atoms with Gasteiger partial charge in [-0.3, -0.25) is 8.87 Å². The Morgan fingerprint density at radius 3 is 2.81 bits per heavy atom. The highest BCUT2D eigenvalue weighted by Crippen LogP contribution is 2.43. The molecule has 0 aliphatic carbocycles. The molecule has 194 valence electrons. The lowest BCUT2D eigenvalue weighted by Crippen LogP contribution is -2.53. The zero-order chi connectivity index (χ0) is 25.6. The van der Waals surface area contributed by atoms with Gasteiger partial charge in [0.25, 0.3) is 0 Å². The highest BCUT2D eigenvalue weighted by molar-refractivity contribution is 7.99. The first kappa shape index (κ1) is 25.5. The fourth-order valence-electron chi connectivity index (χ4n) is 4.28. The summed E-state index contributed by atoms with van der Waals surface area (Å²) in [6.45, 7) is 4.07. The maximum Gasteiger partial charge on any atom is 0.221 e. The van der Waals surface area contributed by atoms with E-state index in [4.69, 9.17) is 36.8 Å². The van der Waals surface area contributed by atoms with E-state index in [0.717, 1.165) is 20.3 Å². The van der Waals surface area contributed by atoms with Crippen LogP contribution < -0.4 is 21.3 Å². The predicted molar refractivity (Wildman–Crippen MR) is 136 cm³/mol. The second-order valence-electron chi connectivity index (χ2n) is 8.45. The first-order chi connectivity index (χ1) is 17.3. The van der Waals surface area contributed by atoms with E-state index in [1.807, 2.05) is 32.0 Å². The molecule has 2 aliphatic heterocycles. The summed E-state index contributed by atoms with van der Waals surface area (Å²) in [4.78, 5) is 13.9. The predicted octanol–water partition coefficient (Wildman–Crippen LogP) is 0.863. The average molecular weight is 555 g/mol. The summed E-state index contributed by atoms with van der Waals surface area (Å²) >= 11 is 9.87. The molecule has 1 fully saturated rings. The van der Waals surface area contributed by atoms with Crippen molar-refractivity contribution >= 4 is 50.9 Å². The molecule has 11 nitrogen and oxygen atoms in total. The topological polar surface area (TPSA) is 151 Å². The van der Waals surface area contributed by atoms with E-state index in [1.165, 1.54) is 34.2 Å². The molecular weight excluding hydrogens is 528 g/mol. The van der Waals surface area contributed by atoms with Gasteiger partial charge in [0.15, 0.2) is 16.1 Å². The van der Waals surface area contributed by atoms with Crippen LogP contribution in [0, 0.1) is 0 Å². The van der Waals surface area contributed by atoms with Gasteiger partial charge in [-0.2, -0.15) is 0 Å². The van der Waals surface area contributed by atoms with Crippen LogP contribution in [0.4, 0.5) is 0 Å². The number of ether oxygens (including phenoxy) is 2. The minimum absolute atomic E-state index is 0.285. The van der Waals surface area contributed by atoms with Crippen molar-refractivity contribution in [3.8, 4) is 5.75 Å². The third-order valence-corrected chi connectivity index (χ3v) is 8.76. The Balaban J connectivity index is 1.54. The minimum atomic E-state index is -1.29. The van der Waals surface area contributed by atoms with Crippen LogP contribution in [-0.2, 0) is 4.74 Å². The molecular formula is C22H27ClN6O5S2. The van der Waals surface area contributed by atoms with E-state index in [1.54, 1.807) is 4.31 Å². The summed E-state index contributed by atoms with van der Waals surface area (Å²) in [6, 6.07) is 5.75. The number of imidazole rings is 1. The molecule has 0 bridgehead atoms.